The van der Waals surface area contributed by atoms with E-state index in [2.05, 4.69) is 4.98 Å². The van der Waals surface area contributed by atoms with Gasteiger partial charge >= 0.3 is 5.97 Å². The maximum atomic E-state index is 11.1. The molecule has 0 aromatic carbocycles. The van der Waals surface area contributed by atoms with Crippen molar-refractivity contribution in [3.05, 3.63) is 11.6 Å². The summed E-state index contributed by atoms with van der Waals surface area (Å²) in [6.45, 7) is 4.27. The van der Waals surface area contributed by atoms with Crippen molar-refractivity contribution >= 4 is 29.1 Å². The van der Waals surface area contributed by atoms with Crippen LogP contribution >= 0.6 is 23.1 Å². The van der Waals surface area contributed by atoms with Crippen LogP contribution in [0, 0.1) is 0 Å². The van der Waals surface area contributed by atoms with Gasteiger partial charge in [-0.2, -0.15) is 0 Å². The van der Waals surface area contributed by atoms with Gasteiger partial charge in [0.1, 0.15) is 4.34 Å². The first-order chi connectivity index (χ1) is 6.72. The van der Waals surface area contributed by atoms with Crippen LogP contribution in [0.15, 0.2) is 15.9 Å². The molecule has 0 amide bonds. The Morgan fingerprint density at radius 1 is 1.79 bits per heavy atom. The molecule has 0 aliphatic carbocycles. The summed E-state index contributed by atoms with van der Waals surface area (Å²) in [7, 11) is 0. The molecule has 1 aromatic rings. The first kappa shape index (κ1) is 11.5. The SMILES string of the molecule is CCOC(=O)CC(C)Sc1nccs1. The monoisotopic (exact) mass is 231 g/mol. The van der Waals surface area contributed by atoms with Crippen LogP contribution < -0.4 is 0 Å². The van der Waals surface area contributed by atoms with Crippen molar-refractivity contribution in [1.82, 2.24) is 4.98 Å². The molecule has 3 nitrogen and oxygen atoms in total. The van der Waals surface area contributed by atoms with Gasteiger partial charge in [-0.15, -0.1) is 11.3 Å². The summed E-state index contributed by atoms with van der Waals surface area (Å²) in [6.07, 6.45) is 2.21. The number of aromatic nitrogens is 1. The molecule has 0 fully saturated rings. The van der Waals surface area contributed by atoms with Gasteiger partial charge in [0.2, 0.25) is 0 Å². The molecule has 1 aromatic heterocycles. The molecule has 1 heterocycles. The number of nitrogens with zero attached hydrogens (tertiary/aromatic N) is 1. The van der Waals surface area contributed by atoms with Crippen molar-refractivity contribution in [3.8, 4) is 0 Å². The Kier molecular flexibility index (Phi) is 4.97. The summed E-state index contributed by atoms with van der Waals surface area (Å²) < 4.78 is 5.86. The van der Waals surface area contributed by atoms with E-state index in [9.17, 15) is 4.79 Å². The molecular formula is C9H13NO2S2. The van der Waals surface area contributed by atoms with E-state index in [1.807, 2.05) is 19.2 Å². The average Bonchev–Trinajstić information content (AvgIpc) is 2.56. The highest BCUT2D eigenvalue weighted by Crippen LogP contribution is 2.26. The van der Waals surface area contributed by atoms with Crippen LogP contribution in [0.1, 0.15) is 20.3 Å². The number of rotatable bonds is 5. The minimum Gasteiger partial charge on any atom is -0.466 e. The highest BCUT2D eigenvalue weighted by atomic mass is 32.2. The van der Waals surface area contributed by atoms with Crippen molar-refractivity contribution in [2.45, 2.75) is 29.9 Å². The zero-order valence-corrected chi connectivity index (χ0v) is 9.86. The third kappa shape index (κ3) is 4.11. The van der Waals surface area contributed by atoms with Gasteiger partial charge in [0, 0.05) is 16.8 Å². The fourth-order valence-electron chi connectivity index (χ4n) is 0.937. The number of hydrogen-bond acceptors (Lipinski definition) is 5. The standard InChI is InChI=1S/C9H13NO2S2/c1-3-12-8(11)6-7(2)14-9-10-4-5-13-9/h4-5,7H,3,6H2,1-2H3. The van der Waals surface area contributed by atoms with Crippen LogP contribution in [0.3, 0.4) is 0 Å². The van der Waals surface area contributed by atoms with Crippen LogP contribution in [-0.2, 0) is 9.53 Å². The van der Waals surface area contributed by atoms with E-state index in [0.717, 1.165) is 4.34 Å². The molecular weight excluding hydrogens is 218 g/mol. The quantitative estimate of drug-likeness (QED) is 0.577. The van der Waals surface area contributed by atoms with Crippen molar-refractivity contribution in [2.24, 2.45) is 0 Å². The van der Waals surface area contributed by atoms with E-state index in [4.69, 9.17) is 4.74 Å². The molecule has 78 valence electrons. The Hall–Kier alpha value is -0.550. The summed E-state index contributed by atoms with van der Waals surface area (Å²) in [5.41, 5.74) is 0. The number of ether oxygens (including phenoxy) is 1. The maximum Gasteiger partial charge on any atom is 0.306 e. The Bertz CT molecular complexity index is 274. The smallest absolute Gasteiger partial charge is 0.306 e. The molecule has 1 atom stereocenters. The van der Waals surface area contributed by atoms with Crippen LogP contribution in [0.2, 0.25) is 0 Å². The van der Waals surface area contributed by atoms with Crippen molar-refractivity contribution in [3.63, 3.8) is 0 Å². The summed E-state index contributed by atoms with van der Waals surface area (Å²) in [4.78, 5) is 15.3. The lowest BCUT2D eigenvalue weighted by atomic mass is 10.3. The van der Waals surface area contributed by atoms with E-state index in [1.165, 1.54) is 0 Å². The lowest BCUT2D eigenvalue weighted by Crippen LogP contribution is -2.10. The molecule has 1 rings (SSSR count). The van der Waals surface area contributed by atoms with E-state index in [0.29, 0.717) is 13.0 Å². The zero-order chi connectivity index (χ0) is 10.4. The Labute approximate surface area is 91.9 Å². The van der Waals surface area contributed by atoms with Gasteiger partial charge in [-0.05, 0) is 6.92 Å². The molecule has 0 saturated carbocycles. The predicted molar refractivity (Wildman–Crippen MR) is 58.7 cm³/mol. The highest BCUT2D eigenvalue weighted by molar-refractivity contribution is 8.01. The minimum absolute atomic E-state index is 0.135. The summed E-state index contributed by atoms with van der Waals surface area (Å²) in [6, 6.07) is 0. The zero-order valence-electron chi connectivity index (χ0n) is 8.23. The maximum absolute atomic E-state index is 11.1. The van der Waals surface area contributed by atoms with Gasteiger partial charge in [0.25, 0.3) is 0 Å². The third-order valence-electron chi connectivity index (χ3n) is 1.47. The second kappa shape index (κ2) is 6.03. The number of hydrogen-bond donors (Lipinski definition) is 0. The minimum atomic E-state index is -0.135. The van der Waals surface area contributed by atoms with E-state index >= 15 is 0 Å². The molecule has 14 heavy (non-hydrogen) atoms. The van der Waals surface area contributed by atoms with E-state index in [1.54, 1.807) is 29.3 Å². The number of esters is 1. The Balaban J connectivity index is 2.29. The Morgan fingerprint density at radius 3 is 3.14 bits per heavy atom. The number of carbonyl (C=O) groups is 1. The molecule has 1 unspecified atom stereocenters. The van der Waals surface area contributed by atoms with Crippen LogP contribution in [0.4, 0.5) is 0 Å². The van der Waals surface area contributed by atoms with E-state index < -0.39 is 0 Å². The number of carbonyl (C=O) groups excluding carboxylic acids is 1. The number of thiazole rings is 1. The second-order valence-corrected chi connectivity index (χ2v) is 5.32. The first-order valence-electron chi connectivity index (χ1n) is 4.44. The molecule has 0 spiro atoms. The van der Waals surface area contributed by atoms with Gasteiger partial charge in [-0.25, -0.2) is 4.98 Å². The first-order valence-corrected chi connectivity index (χ1v) is 6.20. The van der Waals surface area contributed by atoms with Gasteiger partial charge in [0.05, 0.1) is 13.0 Å². The van der Waals surface area contributed by atoms with Gasteiger partial charge in [-0.1, -0.05) is 18.7 Å². The van der Waals surface area contributed by atoms with Gasteiger partial charge in [-0.3, -0.25) is 4.79 Å². The van der Waals surface area contributed by atoms with Gasteiger partial charge < -0.3 is 4.74 Å². The largest absolute Gasteiger partial charge is 0.466 e. The highest BCUT2D eigenvalue weighted by Gasteiger charge is 2.12. The average molecular weight is 231 g/mol. The second-order valence-electron chi connectivity index (χ2n) is 2.74. The topological polar surface area (TPSA) is 39.2 Å². The number of thioether (sulfide) groups is 1. The summed E-state index contributed by atoms with van der Waals surface area (Å²) in [5, 5.41) is 2.15. The van der Waals surface area contributed by atoms with E-state index in [-0.39, 0.29) is 11.2 Å². The molecule has 5 heteroatoms. The molecule has 0 aliphatic rings. The fourth-order valence-corrected chi connectivity index (χ4v) is 2.86. The van der Waals surface area contributed by atoms with Crippen molar-refractivity contribution < 1.29 is 9.53 Å². The van der Waals surface area contributed by atoms with Crippen LogP contribution in [0.25, 0.3) is 0 Å². The summed E-state index contributed by atoms with van der Waals surface area (Å²) in [5.74, 6) is -0.135. The van der Waals surface area contributed by atoms with Crippen LogP contribution in [0.5, 0.6) is 0 Å². The lowest BCUT2D eigenvalue weighted by Gasteiger charge is -2.07. The van der Waals surface area contributed by atoms with Crippen molar-refractivity contribution in [2.75, 3.05) is 6.61 Å². The van der Waals surface area contributed by atoms with Crippen LogP contribution in [-0.4, -0.2) is 22.8 Å². The Morgan fingerprint density at radius 2 is 2.57 bits per heavy atom. The molecule has 0 aliphatic heterocycles. The third-order valence-corrected chi connectivity index (χ3v) is 3.49. The summed E-state index contributed by atoms with van der Waals surface area (Å²) >= 11 is 3.20. The lowest BCUT2D eigenvalue weighted by molar-refractivity contribution is -0.142. The molecule has 0 bridgehead atoms. The molecule has 0 saturated heterocycles. The fraction of sp³-hybridized carbons (Fsp3) is 0.556. The van der Waals surface area contributed by atoms with Gasteiger partial charge in [0.15, 0.2) is 0 Å². The molecule has 0 N–H and O–H groups in total. The van der Waals surface area contributed by atoms with Crippen molar-refractivity contribution in [1.29, 1.82) is 0 Å². The molecule has 0 radical (unpaired) electrons. The normalized spacial score (nSPS) is 12.4. The predicted octanol–water partition coefficient (Wildman–Crippen LogP) is 2.58.